The number of fused-ring (bicyclic) bond motifs is 4. The molecule has 0 saturated carbocycles. The number of hydrogen-bond acceptors (Lipinski definition) is 2. The molecule has 3 nitrogen and oxygen atoms in total. The number of para-hydroxylation sites is 4. The van der Waals surface area contributed by atoms with Gasteiger partial charge in [0.05, 0.1) is 29.0 Å². The quantitative estimate of drug-likeness (QED) is 0.350. The molecule has 0 saturated heterocycles. The molecule has 0 spiro atoms. The molecule has 0 fully saturated rings. The zero-order valence-electron chi connectivity index (χ0n) is 16.4. The van der Waals surface area contributed by atoms with Gasteiger partial charge in [0.15, 0.2) is 0 Å². The molecule has 4 aromatic carbocycles. The predicted molar refractivity (Wildman–Crippen MR) is 124 cm³/mol. The van der Waals surface area contributed by atoms with Crippen LogP contribution in [0.25, 0.3) is 44.1 Å². The van der Waals surface area contributed by atoms with Crippen molar-refractivity contribution >= 4 is 32.8 Å². The van der Waals surface area contributed by atoms with Gasteiger partial charge in [-0.1, -0.05) is 78.9 Å². The highest BCUT2D eigenvalue weighted by Gasteiger charge is 2.15. The average molecular weight is 385 g/mol. The van der Waals surface area contributed by atoms with Crippen molar-refractivity contribution in [1.82, 2.24) is 14.5 Å². The van der Waals surface area contributed by atoms with Crippen LogP contribution in [0, 0.1) is 0 Å². The van der Waals surface area contributed by atoms with Crippen LogP contribution < -0.4 is 0 Å². The summed E-state index contributed by atoms with van der Waals surface area (Å²) in [6.45, 7) is 0.663. The molecule has 6 aromatic rings. The van der Waals surface area contributed by atoms with Gasteiger partial charge < -0.3 is 4.57 Å². The van der Waals surface area contributed by atoms with Crippen LogP contribution in [0.5, 0.6) is 0 Å². The van der Waals surface area contributed by atoms with Crippen LogP contribution in [0.3, 0.4) is 0 Å². The number of hydrogen-bond donors (Lipinski definition) is 0. The Hall–Kier alpha value is -3.98. The Balaban J connectivity index is 1.62. The summed E-state index contributed by atoms with van der Waals surface area (Å²) in [5.41, 5.74) is 7.28. The third-order valence-corrected chi connectivity index (χ3v) is 5.68. The highest BCUT2D eigenvalue weighted by molar-refractivity contribution is 6.08. The van der Waals surface area contributed by atoms with Gasteiger partial charge in [-0.05, 0) is 24.3 Å². The number of aromatic nitrogens is 3. The van der Waals surface area contributed by atoms with Crippen molar-refractivity contribution in [1.29, 1.82) is 0 Å². The highest BCUT2D eigenvalue weighted by atomic mass is 15.0. The van der Waals surface area contributed by atoms with Crippen molar-refractivity contribution in [3.05, 3.63) is 109 Å². The lowest BCUT2D eigenvalue weighted by atomic mass is 10.1. The van der Waals surface area contributed by atoms with E-state index in [1.807, 2.05) is 30.3 Å². The fourth-order valence-corrected chi connectivity index (χ4v) is 4.30. The smallest absolute Gasteiger partial charge is 0.0943 e. The third kappa shape index (κ3) is 2.67. The Bertz CT molecular complexity index is 1460. The molecule has 2 aromatic heterocycles. The van der Waals surface area contributed by atoms with Gasteiger partial charge in [0.2, 0.25) is 0 Å². The molecule has 30 heavy (non-hydrogen) atoms. The van der Waals surface area contributed by atoms with E-state index in [1.165, 1.54) is 21.8 Å². The lowest BCUT2D eigenvalue weighted by Gasteiger charge is -2.13. The van der Waals surface area contributed by atoms with E-state index < -0.39 is 0 Å². The summed E-state index contributed by atoms with van der Waals surface area (Å²) < 4.78 is 2.36. The van der Waals surface area contributed by atoms with Gasteiger partial charge in [0.25, 0.3) is 0 Å². The molecular weight excluding hydrogens is 366 g/mol. The van der Waals surface area contributed by atoms with Gasteiger partial charge in [0.1, 0.15) is 0 Å². The third-order valence-electron chi connectivity index (χ3n) is 5.68. The molecule has 0 N–H and O–H groups in total. The van der Waals surface area contributed by atoms with Crippen LogP contribution in [0.4, 0.5) is 0 Å². The topological polar surface area (TPSA) is 30.7 Å². The minimum Gasteiger partial charge on any atom is -0.334 e. The Kier molecular flexibility index (Phi) is 3.85. The summed E-state index contributed by atoms with van der Waals surface area (Å²) in [4.78, 5) is 10.1. The maximum atomic E-state index is 5.06. The van der Waals surface area contributed by atoms with E-state index in [-0.39, 0.29) is 0 Å². The summed E-state index contributed by atoms with van der Waals surface area (Å²) in [7, 11) is 0. The minimum atomic E-state index is 0.663. The first kappa shape index (κ1) is 16.9. The van der Waals surface area contributed by atoms with E-state index in [0.717, 1.165) is 28.0 Å². The van der Waals surface area contributed by atoms with Gasteiger partial charge in [-0.15, -0.1) is 0 Å². The normalized spacial score (nSPS) is 11.5. The Morgan fingerprint density at radius 1 is 0.533 bits per heavy atom. The van der Waals surface area contributed by atoms with Crippen molar-refractivity contribution < 1.29 is 0 Å². The predicted octanol–water partition coefficient (Wildman–Crippen LogP) is 6.45. The fraction of sp³-hybridized carbons (Fsp3) is 0.0370. The lowest BCUT2D eigenvalue weighted by molar-refractivity contribution is 0.837. The van der Waals surface area contributed by atoms with Crippen LogP contribution in [-0.2, 0) is 6.54 Å². The molecule has 0 aliphatic rings. The van der Waals surface area contributed by atoms with E-state index >= 15 is 0 Å². The summed E-state index contributed by atoms with van der Waals surface area (Å²) in [6, 6.07) is 35.6. The Labute approximate surface area is 174 Å². The molecule has 0 aliphatic carbocycles. The maximum Gasteiger partial charge on any atom is 0.0943 e. The van der Waals surface area contributed by atoms with Gasteiger partial charge in [-0.2, -0.15) is 0 Å². The van der Waals surface area contributed by atoms with Crippen molar-refractivity contribution in [3.8, 4) is 11.3 Å². The SMILES string of the molecule is c1ccc(-c2nc3ccccc3nc2Cn2c3ccccc3c3ccccc32)cc1. The van der Waals surface area contributed by atoms with Gasteiger partial charge in [0, 0.05) is 27.4 Å². The van der Waals surface area contributed by atoms with E-state index in [2.05, 4.69) is 77.4 Å². The zero-order chi connectivity index (χ0) is 19.9. The molecular formula is C27H19N3. The molecule has 0 amide bonds. The molecule has 142 valence electrons. The maximum absolute atomic E-state index is 5.06. The lowest BCUT2D eigenvalue weighted by Crippen LogP contribution is -2.06. The van der Waals surface area contributed by atoms with Crippen molar-refractivity contribution in [2.24, 2.45) is 0 Å². The monoisotopic (exact) mass is 385 g/mol. The molecule has 0 bridgehead atoms. The summed E-state index contributed by atoms with van der Waals surface area (Å²) in [5.74, 6) is 0. The molecule has 3 heteroatoms. The van der Waals surface area contributed by atoms with Crippen molar-refractivity contribution in [2.45, 2.75) is 6.54 Å². The second kappa shape index (κ2) is 6.82. The standard InChI is InChI=1S/C27H19N3/c1-2-10-19(11-3-1)27-24(28-22-14-6-7-15-23(22)29-27)18-30-25-16-8-4-12-20(25)21-13-5-9-17-26(21)30/h1-17H,18H2. The van der Waals surface area contributed by atoms with E-state index in [4.69, 9.17) is 9.97 Å². The molecule has 0 aliphatic heterocycles. The summed E-state index contributed by atoms with van der Waals surface area (Å²) >= 11 is 0. The number of benzene rings is 4. The van der Waals surface area contributed by atoms with E-state index in [9.17, 15) is 0 Å². The summed E-state index contributed by atoms with van der Waals surface area (Å²) in [5, 5.41) is 2.53. The summed E-state index contributed by atoms with van der Waals surface area (Å²) in [6.07, 6.45) is 0. The fourth-order valence-electron chi connectivity index (χ4n) is 4.30. The number of rotatable bonds is 3. The molecule has 2 heterocycles. The molecule has 0 unspecified atom stereocenters. The molecule has 0 radical (unpaired) electrons. The molecule has 6 rings (SSSR count). The van der Waals surface area contributed by atoms with Gasteiger partial charge >= 0.3 is 0 Å². The van der Waals surface area contributed by atoms with E-state index in [1.54, 1.807) is 0 Å². The van der Waals surface area contributed by atoms with E-state index in [0.29, 0.717) is 6.54 Å². The second-order valence-electron chi connectivity index (χ2n) is 7.49. The van der Waals surface area contributed by atoms with Crippen LogP contribution in [0.1, 0.15) is 5.69 Å². The van der Waals surface area contributed by atoms with Gasteiger partial charge in [-0.25, -0.2) is 9.97 Å². The molecule has 0 atom stereocenters. The zero-order valence-corrected chi connectivity index (χ0v) is 16.4. The second-order valence-corrected chi connectivity index (χ2v) is 7.49. The average Bonchev–Trinajstić information content (AvgIpc) is 3.13. The highest BCUT2D eigenvalue weighted by Crippen LogP contribution is 2.31. The van der Waals surface area contributed by atoms with Crippen LogP contribution in [-0.4, -0.2) is 14.5 Å². The Morgan fingerprint density at radius 2 is 1.07 bits per heavy atom. The largest absolute Gasteiger partial charge is 0.334 e. The Morgan fingerprint density at radius 3 is 1.73 bits per heavy atom. The number of nitrogens with zero attached hydrogens (tertiary/aromatic N) is 3. The minimum absolute atomic E-state index is 0.663. The first-order valence-corrected chi connectivity index (χ1v) is 10.2. The van der Waals surface area contributed by atoms with Crippen LogP contribution >= 0.6 is 0 Å². The first-order chi connectivity index (χ1) is 14.9. The van der Waals surface area contributed by atoms with Crippen LogP contribution in [0.15, 0.2) is 103 Å². The van der Waals surface area contributed by atoms with Gasteiger partial charge in [-0.3, -0.25) is 0 Å². The first-order valence-electron chi connectivity index (χ1n) is 10.2. The van der Waals surface area contributed by atoms with Crippen molar-refractivity contribution in [3.63, 3.8) is 0 Å². The van der Waals surface area contributed by atoms with Crippen LogP contribution in [0.2, 0.25) is 0 Å². The van der Waals surface area contributed by atoms with Crippen molar-refractivity contribution in [2.75, 3.05) is 0 Å².